The van der Waals surface area contributed by atoms with E-state index in [1.54, 1.807) is 36.4 Å². The lowest BCUT2D eigenvalue weighted by Gasteiger charge is -2.13. The third-order valence-corrected chi connectivity index (χ3v) is 3.74. The van der Waals surface area contributed by atoms with E-state index < -0.39 is 11.8 Å². The van der Waals surface area contributed by atoms with Crippen LogP contribution in [0.3, 0.4) is 0 Å². The summed E-state index contributed by atoms with van der Waals surface area (Å²) in [6.45, 7) is 2.47. The fraction of sp³-hybridized carbons (Fsp3) is 0.222. The van der Waals surface area contributed by atoms with Gasteiger partial charge in [-0.1, -0.05) is 0 Å². The Labute approximate surface area is 144 Å². The first-order valence-electron chi connectivity index (χ1n) is 7.94. The molecule has 7 heteroatoms. The van der Waals surface area contributed by atoms with Crippen molar-refractivity contribution < 1.29 is 19.1 Å². The standard InChI is InChI=1S/C18H17N3O4/c1-2-25-13-7-5-12(6-8-13)20-15(22)9-11-21-17(23)14-4-3-10-19-16(14)18(21)24/h3-8,10H,2,9,11H2,1H3,(H,20,22). The summed E-state index contributed by atoms with van der Waals surface area (Å²) in [6, 6.07) is 10.1. The molecule has 0 atom stereocenters. The first-order valence-corrected chi connectivity index (χ1v) is 7.94. The number of benzene rings is 1. The smallest absolute Gasteiger partial charge is 0.280 e. The van der Waals surface area contributed by atoms with Gasteiger partial charge < -0.3 is 10.1 Å². The normalized spacial score (nSPS) is 12.9. The molecule has 25 heavy (non-hydrogen) atoms. The van der Waals surface area contributed by atoms with Crippen LogP contribution in [0.2, 0.25) is 0 Å². The molecule has 128 valence electrons. The number of rotatable bonds is 6. The number of fused-ring (bicyclic) bond motifs is 1. The summed E-state index contributed by atoms with van der Waals surface area (Å²) < 4.78 is 5.33. The van der Waals surface area contributed by atoms with Crippen molar-refractivity contribution in [3.8, 4) is 5.75 Å². The number of hydrogen-bond acceptors (Lipinski definition) is 5. The minimum atomic E-state index is -0.463. The molecule has 7 nitrogen and oxygen atoms in total. The van der Waals surface area contributed by atoms with Crippen molar-refractivity contribution in [2.75, 3.05) is 18.5 Å². The number of anilines is 1. The Morgan fingerprint density at radius 2 is 1.92 bits per heavy atom. The van der Waals surface area contributed by atoms with Gasteiger partial charge in [-0.15, -0.1) is 0 Å². The van der Waals surface area contributed by atoms with Crippen LogP contribution in [0.4, 0.5) is 5.69 Å². The van der Waals surface area contributed by atoms with E-state index in [0.29, 0.717) is 12.3 Å². The zero-order valence-corrected chi connectivity index (χ0v) is 13.7. The van der Waals surface area contributed by atoms with Gasteiger partial charge in [-0.2, -0.15) is 0 Å². The van der Waals surface area contributed by atoms with Crippen molar-refractivity contribution in [3.63, 3.8) is 0 Å². The molecule has 1 aliphatic heterocycles. The molecule has 1 aliphatic rings. The molecule has 0 saturated carbocycles. The van der Waals surface area contributed by atoms with E-state index in [1.165, 1.54) is 6.20 Å². The molecule has 0 saturated heterocycles. The van der Waals surface area contributed by atoms with E-state index in [1.807, 2.05) is 6.92 Å². The second-order valence-corrected chi connectivity index (χ2v) is 5.42. The third-order valence-electron chi connectivity index (χ3n) is 3.74. The SMILES string of the molecule is CCOc1ccc(NC(=O)CCN2C(=O)c3cccnc3C2=O)cc1. The van der Waals surface area contributed by atoms with Crippen molar-refractivity contribution in [2.24, 2.45) is 0 Å². The van der Waals surface area contributed by atoms with Gasteiger partial charge in [0.1, 0.15) is 11.4 Å². The molecule has 0 bridgehead atoms. The number of hydrogen-bond donors (Lipinski definition) is 1. The fourth-order valence-corrected chi connectivity index (χ4v) is 2.55. The number of imide groups is 1. The average Bonchev–Trinajstić information content (AvgIpc) is 2.86. The number of pyridine rings is 1. The number of aromatic nitrogens is 1. The highest BCUT2D eigenvalue weighted by Gasteiger charge is 2.36. The number of carbonyl (C=O) groups excluding carboxylic acids is 3. The Morgan fingerprint density at radius 3 is 2.60 bits per heavy atom. The molecular formula is C18H17N3O4. The number of ether oxygens (including phenoxy) is 1. The van der Waals surface area contributed by atoms with Gasteiger partial charge in [-0.05, 0) is 43.3 Å². The van der Waals surface area contributed by atoms with Gasteiger partial charge in [0.2, 0.25) is 5.91 Å². The number of amides is 3. The lowest BCUT2D eigenvalue weighted by atomic mass is 10.2. The quantitative estimate of drug-likeness (QED) is 0.814. The van der Waals surface area contributed by atoms with Crippen LogP contribution in [0.15, 0.2) is 42.6 Å². The Bertz CT molecular complexity index is 782. The molecule has 1 aromatic heterocycles. The van der Waals surface area contributed by atoms with Gasteiger partial charge in [-0.25, -0.2) is 0 Å². The lowest BCUT2D eigenvalue weighted by Crippen LogP contribution is -2.33. The highest BCUT2D eigenvalue weighted by molar-refractivity contribution is 6.20. The number of nitrogens with zero attached hydrogens (tertiary/aromatic N) is 2. The van der Waals surface area contributed by atoms with Gasteiger partial charge in [0.25, 0.3) is 11.8 Å². The highest BCUT2D eigenvalue weighted by atomic mass is 16.5. The number of carbonyl (C=O) groups is 3. The molecule has 3 amide bonds. The molecule has 0 aliphatic carbocycles. The average molecular weight is 339 g/mol. The van der Waals surface area contributed by atoms with Gasteiger partial charge in [0.05, 0.1) is 12.2 Å². The molecule has 1 N–H and O–H groups in total. The van der Waals surface area contributed by atoms with E-state index in [0.717, 1.165) is 10.6 Å². The van der Waals surface area contributed by atoms with E-state index in [2.05, 4.69) is 10.3 Å². The van der Waals surface area contributed by atoms with Gasteiger partial charge in [0, 0.05) is 24.8 Å². The van der Waals surface area contributed by atoms with Crippen LogP contribution in [0.1, 0.15) is 34.2 Å². The maximum atomic E-state index is 12.2. The molecule has 1 aromatic carbocycles. The molecule has 3 rings (SSSR count). The Morgan fingerprint density at radius 1 is 1.16 bits per heavy atom. The maximum absolute atomic E-state index is 12.2. The first kappa shape index (κ1) is 16.6. The van der Waals surface area contributed by atoms with Crippen LogP contribution in [0.25, 0.3) is 0 Å². The molecule has 0 radical (unpaired) electrons. The van der Waals surface area contributed by atoms with Crippen molar-refractivity contribution in [3.05, 3.63) is 53.9 Å². The van der Waals surface area contributed by atoms with Gasteiger partial charge >= 0.3 is 0 Å². The molecule has 0 unspecified atom stereocenters. The van der Waals surface area contributed by atoms with Crippen LogP contribution in [0.5, 0.6) is 5.75 Å². The largest absolute Gasteiger partial charge is 0.494 e. The Kier molecular flexibility index (Phi) is 4.74. The van der Waals surface area contributed by atoms with Gasteiger partial charge in [-0.3, -0.25) is 24.3 Å². The first-order chi connectivity index (χ1) is 12.1. The second kappa shape index (κ2) is 7.12. The molecule has 0 spiro atoms. The van der Waals surface area contributed by atoms with Crippen molar-refractivity contribution in [1.29, 1.82) is 0 Å². The van der Waals surface area contributed by atoms with Crippen molar-refractivity contribution in [2.45, 2.75) is 13.3 Å². The lowest BCUT2D eigenvalue weighted by molar-refractivity contribution is -0.116. The zero-order valence-electron chi connectivity index (χ0n) is 13.7. The summed E-state index contributed by atoms with van der Waals surface area (Å²) >= 11 is 0. The van der Waals surface area contributed by atoms with Crippen LogP contribution in [0, 0.1) is 0 Å². The Hall–Kier alpha value is -3.22. The van der Waals surface area contributed by atoms with Gasteiger partial charge in [0.15, 0.2) is 0 Å². The topological polar surface area (TPSA) is 88.6 Å². The van der Waals surface area contributed by atoms with E-state index in [4.69, 9.17) is 4.74 Å². The number of nitrogens with one attached hydrogen (secondary N) is 1. The summed E-state index contributed by atoms with van der Waals surface area (Å²) in [4.78, 5) is 41.4. The molecule has 0 fully saturated rings. The monoisotopic (exact) mass is 339 g/mol. The van der Waals surface area contributed by atoms with E-state index >= 15 is 0 Å². The molecule has 2 aromatic rings. The minimum Gasteiger partial charge on any atom is -0.494 e. The highest BCUT2D eigenvalue weighted by Crippen LogP contribution is 2.21. The second-order valence-electron chi connectivity index (χ2n) is 5.42. The van der Waals surface area contributed by atoms with Crippen LogP contribution >= 0.6 is 0 Å². The van der Waals surface area contributed by atoms with E-state index in [9.17, 15) is 14.4 Å². The summed E-state index contributed by atoms with van der Waals surface area (Å²) in [7, 11) is 0. The summed E-state index contributed by atoms with van der Waals surface area (Å²) in [5.74, 6) is -0.441. The van der Waals surface area contributed by atoms with E-state index in [-0.39, 0.29) is 30.1 Å². The summed E-state index contributed by atoms with van der Waals surface area (Å²) in [5.41, 5.74) is 1.04. The summed E-state index contributed by atoms with van der Waals surface area (Å²) in [6.07, 6.45) is 1.48. The predicted octanol–water partition coefficient (Wildman–Crippen LogP) is 2.11. The fourth-order valence-electron chi connectivity index (χ4n) is 2.55. The third kappa shape index (κ3) is 3.50. The summed E-state index contributed by atoms with van der Waals surface area (Å²) in [5, 5.41) is 2.73. The van der Waals surface area contributed by atoms with Crippen molar-refractivity contribution in [1.82, 2.24) is 9.88 Å². The van der Waals surface area contributed by atoms with Crippen LogP contribution < -0.4 is 10.1 Å². The minimum absolute atomic E-state index is 0.0108. The predicted molar refractivity (Wildman–Crippen MR) is 90.5 cm³/mol. The maximum Gasteiger partial charge on any atom is 0.280 e. The molecule has 2 heterocycles. The zero-order chi connectivity index (χ0) is 17.8. The van der Waals surface area contributed by atoms with Crippen LogP contribution in [-0.4, -0.2) is 40.8 Å². The molecular weight excluding hydrogens is 322 g/mol. The van der Waals surface area contributed by atoms with Crippen molar-refractivity contribution >= 4 is 23.4 Å². The Balaban J connectivity index is 1.56. The van der Waals surface area contributed by atoms with Crippen LogP contribution in [-0.2, 0) is 4.79 Å².